The molecule has 1 rings (SSSR count). The second-order valence-corrected chi connectivity index (χ2v) is 11.4. The van der Waals surface area contributed by atoms with Gasteiger partial charge in [-0.25, -0.2) is 0 Å². The first-order valence-electron chi connectivity index (χ1n) is 20.2. The third kappa shape index (κ3) is 132. The van der Waals surface area contributed by atoms with E-state index in [-0.39, 0.29) is 46.2 Å². The van der Waals surface area contributed by atoms with Crippen LogP contribution in [0.5, 0.6) is 0 Å². The summed E-state index contributed by atoms with van der Waals surface area (Å²) in [6.45, 7) is 13.5. The Morgan fingerprint density at radius 3 is 0.213 bits per heavy atom. The molecule has 0 aliphatic heterocycles. The minimum Gasteiger partial charge on any atom is -0.397 e. The van der Waals surface area contributed by atoms with Crippen LogP contribution in [0.15, 0.2) is 0 Å². The first-order chi connectivity index (χ1) is 22.9. The van der Waals surface area contributed by atoms with E-state index in [1.54, 1.807) is 48.5 Å². The molecule has 0 heterocycles. The number of aliphatic hydroxyl groups is 7. The normalized spacial score (nSPS) is 16.0. The van der Waals surface area contributed by atoms with Crippen molar-refractivity contribution in [2.45, 2.75) is 215 Å². The standard InChI is InChI=1S/C26H52.7C2H6O/c1-2-4-6-8-10-12-14-16-18-20-22-24-26-25-23-21-19-17-15-13-11-9-7-5-3-1;7*1-2-3/h1-26H2;7*3H,2H2,1H3. The van der Waals surface area contributed by atoms with Crippen LogP contribution in [0.25, 0.3) is 0 Å². The topological polar surface area (TPSA) is 142 Å². The lowest BCUT2D eigenvalue weighted by Crippen LogP contribution is -1.85. The molecule has 0 bridgehead atoms. The molecule has 0 amide bonds. The van der Waals surface area contributed by atoms with Gasteiger partial charge in [0.05, 0.1) is 0 Å². The molecule has 1 aliphatic rings. The van der Waals surface area contributed by atoms with Crippen molar-refractivity contribution in [2.24, 2.45) is 0 Å². The predicted octanol–water partition coefficient (Wildman–Crippen LogP) is 10.1. The van der Waals surface area contributed by atoms with Crippen molar-refractivity contribution in [3.05, 3.63) is 0 Å². The highest BCUT2D eigenvalue weighted by Crippen LogP contribution is 2.17. The Kier molecular flexibility index (Phi) is 112. The maximum atomic E-state index is 7.57. The van der Waals surface area contributed by atoms with Gasteiger partial charge in [0.2, 0.25) is 0 Å². The Balaban J connectivity index is -0.000000125. The Bertz CT molecular complexity index is 220. The molecule has 296 valence electrons. The zero-order chi connectivity index (χ0) is 37.3. The number of aliphatic hydroxyl groups excluding tert-OH is 7. The highest BCUT2D eigenvalue weighted by Gasteiger charge is 1.97. The molecule has 7 nitrogen and oxygen atoms in total. The van der Waals surface area contributed by atoms with Crippen LogP contribution in [-0.4, -0.2) is 82.0 Å². The Morgan fingerprint density at radius 1 is 0.170 bits per heavy atom. The largest absolute Gasteiger partial charge is 0.397 e. The average molecular weight is 687 g/mol. The molecule has 1 fully saturated rings. The van der Waals surface area contributed by atoms with Gasteiger partial charge >= 0.3 is 0 Å². The molecule has 7 N–H and O–H groups in total. The number of hydrogen-bond acceptors (Lipinski definition) is 7. The SMILES string of the molecule is C1CCCCCCCCCCCCCCCCCCCCCCCCC1.CCO.CCO.CCO.CCO.CCO.CCO.CCO. The molecular formula is C40H94O7. The lowest BCUT2D eigenvalue weighted by Gasteiger charge is -2.05. The second kappa shape index (κ2) is 85.4. The molecule has 0 aromatic heterocycles. The molecule has 47 heavy (non-hydrogen) atoms. The summed E-state index contributed by atoms with van der Waals surface area (Å²) in [5.41, 5.74) is 0. The molecule has 0 unspecified atom stereocenters. The maximum Gasteiger partial charge on any atom is 0.0402 e. The summed E-state index contributed by atoms with van der Waals surface area (Å²) in [5.74, 6) is 0. The first kappa shape index (κ1) is 61.9. The van der Waals surface area contributed by atoms with Crippen molar-refractivity contribution in [3.8, 4) is 0 Å². The number of hydrogen-bond donors (Lipinski definition) is 7. The third-order valence-electron chi connectivity index (χ3n) is 6.50. The summed E-state index contributed by atoms with van der Waals surface area (Å²) in [6, 6.07) is 0. The summed E-state index contributed by atoms with van der Waals surface area (Å²) in [6.07, 6.45) is 39.0. The van der Waals surface area contributed by atoms with Crippen LogP contribution in [-0.2, 0) is 0 Å². The van der Waals surface area contributed by atoms with Crippen molar-refractivity contribution < 1.29 is 35.7 Å². The van der Waals surface area contributed by atoms with Gasteiger partial charge in [-0.05, 0) is 48.5 Å². The summed E-state index contributed by atoms with van der Waals surface area (Å²) in [4.78, 5) is 0. The molecule has 1 saturated carbocycles. The predicted molar refractivity (Wildman–Crippen MR) is 209 cm³/mol. The lowest BCUT2D eigenvalue weighted by molar-refractivity contribution is 0.318. The van der Waals surface area contributed by atoms with Gasteiger partial charge in [-0.2, -0.15) is 0 Å². The molecule has 0 aromatic carbocycles. The molecule has 0 radical (unpaired) electrons. The van der Waals surface area contributed by atoms with E-state index < -0.39 is 0 Å². The van der Waals surface area contributed by atoms with Crippen LogP contribution in [0.3, 0.4) is 0 Å². The van der Waals surface area contributed by atoms with Gasteiger partial charge in [0, 0.05) is 46.2 Å². The Labute approximate surface area is 297 Å². The van der Waals surface area contributed by atoms with Crippen molar-refractivity contribution in [3.63, 3.8) is 0 Å². The van der Waals surface area contributed by atoms with Gasteiger partial charge < -0.3 is 35.7 Å². The highest BCUT2D eigenvalue weighted by molar-refractivity contribution is 4.53. The summed E-state index contributed by atoms with van der Waals surface area (Å²) in [7, 11) is 0. The monoisotopic (exact) mass is 687 g/mol. The Hall–Kier alpha value is -0.280. The fourth-order valence-corrected chi connectivity index (χ4v) is 4.60. The van der Waals surface area contributed by atoms with Gasteiger partial charge in [-0.1, -0.05) is 167 Å². The zero-order valence-corrected chi connectivity index (χ0v) is 33.5. The second-order valence-electron chi connectivity index (χ2n) is 11.4. The van der Waals surface area contributed by atoms with Crippen LogP contribution in [0.2, 0.25) is 0 Å². The van der Waals surface area contributed by atoms with Gasteiger partial charge in [0.25, 0.3) is 0 Å². The van der Waals surface area contributed by atoms with E-state index in [0.29, 0.717) is 0 Å². The summed E-state index contributed by atoms with van der Waals surface area (Å²) in [5, 5.41) is 53.0. The molecule has 0 spiro atoms. The van der Waals surface area contributed by atoms with Gasteiger partial charge in [-0.15, -0.1) is 0 Å². The van der Waals surface area contributed by atoms with Crippen LogP contribution in [0, 0.1) is 0 Å². The summed E-state index contributed by atoms with van der Waals surface area (Å²) >= 11 is 0. The van der Waals surface area contributed by atoms with Crippen LogP contribution in [0.1, 0.15) is 215 Å². The fourth-order valence-electron chi connectivity index (χ4n) is 4.60. The van der Waals surface area contributed by atoms with Crippen molar-refractivity contribution in [1.82, 2.24) is 0 Å². The first-order valence-corrected chi connectivity index (χ1v) is 20.2. The zero-order valence-electron chi connectivity index (χ0n) is 33.5. The minimum atomic E-state index is 0.250. The quantitative estimate of drug-likeness (QED) is 0.134. The smallest absolute Gasteiger partial charge is 0.0402 e. The Morgan fingerprint density at radius 2 is 0.191 bits per heavy atom. The highest BCUT2D eigenvalue weighted by atomic mass is 16.3. The molecule has 0 aromatic rings. The molecule has 0 atom stereocenters. The van der Waals surface area contributed by atoms with Crippen molar-refractivity contribution >= 4 is 0 Å². The third-order valence-corrected chi connectivity index (χ3v) is 6.50. The maximum absolute atomic E-state index is 7.57. The molecule has 0 saturated heterocycles. The molecular weight excluding hydrogens is 592 g/mol. The lowest BCUT2D eigenvalue weighted by atomic mass is 10.0. The van der Waals surface area contributed by atoms with E-state index >= 15 is 0 Å². The van der Waals surface area contributed by atoms with Gasteiger partial charge in [0.15, 0.2) is 0 Å². The molecule has 1 aliphatic carbocycles. The van der Waals surface area contributed by atoms with E-state index in [9.17, 15) is 0 Å². The van der Waals surface area contributed by atoms with Crippen LogP contribution >= 0.6 is 0 Å². The summed E-state index contributed by atoms with van der Waals surface area (Å²) < 4.78 is 0. The molecule has 7 heteroatoms. The van der Waals surface area contributed by atoms with E-state index in [1.807, 2.05) is 0 Å². The van der Waals surface area contributed by atoms with Crippen molar-refractivity contribution in [1.29, 1.82) is 0 Å². The van der Waals surface area contributed by atoms with E-state index in [4.69, 9.17) is 35.7 Å². The van der Waals surface area contributed by atoms with E-state index in [0.717, 1.165) is 0 Å². The number of rotatable bonds is 0. The van der Waals surface area contributed by atoms with Crippen LogP contribution in [0.4, 0.5) is 0 Å². The minimum absolute atomic E-state index is 0.250. The fraction of sp³-hybridized carbons (Fsp3) is 1.00. The van der Waals surface area contributed by atoms with Crippen molar-refractivity contribution in [2.75, 3.05) is 46.2 Å². The van der Waals surface area contributed by atoms with E-state index in [2.05, 4.69) is 0 Å². The van der Waals surface area contributed by atoms with Crippen LogP contribution < -0.4 is 0 Å². The van der Waals surface area contributed by atoms with E-state index in [1.165, 1.54) is 167 Å². The van der Waals surface area contributed by atoms with Gasteiger partial charge in [0.1, 0.15) is 0 Å². The average Bonchev–Trinajstić information content (AvgIpc) is 3.02. The van der Waals surface area contributed by atoms with Gasteiger partial charge in [-0.3, -0.25) is 0 Å².